The van der Waals surface area contributed by atoms with Gasteiger partial charge in [-0.3, -0.25) is 4.79 Å². The van der Waals surface area contributed by atoms with E-state index >= 15 is 0 Å². The van der Waals surface area contributed by atoms with E-state index in [0.717, 1.165) is 24.1 Å². The maximum atomic E-state index is 12.2. The highest BCUT2D eigenvalue weighted by atomic mass is 16.3. The molecule has 0 saturated heterocycles. The maximum Gasteiger partial charge on any atom is 0.255 e. The number of benzene rings is 2. The van der Waals surface area contributed by atoms with Crippen molar-refractivity contribution in [3.05, 3.63) is 59.7 Å². The summed E-state index contributed by atoms with van der Waals surface area (Å²) in [7, 11) is 0. The molecule has 3 N–H and O–H groups in total. The van der Waals surface area contributed by atoms with Crippen molar-refractivity contribution in [2.45, 2.75) is 25.4 Å². The predicted molar refractivity (Wildman–Crippen MR) is 82.4 cm³/mol. The Morgan fingerprint density at radius 3 is 2.52 bits per heavy atom. The summed E-state index contributed by atoms with van der Waals surface area (Å²) in [6.07, 6.45) is 1.57. The molecule has 1 amide bonds. The molecular weight excluding hydrogens is 264 g/mol. The number of carbonyl (C=O) groups excluding carboxylic acids is 1. The molecule has 1 aliphatic rings. The third kappa shape index (κ3) is 2.84. The van der Waals surface area contributed by atoms with Gasteiger partial charge in [0.05, 0.1) is 5.56 Å². The fraction of sp³-hybridized carbons (Fsp3) is 0.235. The van der Waals surface area contributed by atoms with Gasteiger partial charge in [-0.2, -0.15) is 0 Å². The first-order valence-corrected chi connectivity index (χ1v) is 7.03. The molecule has 0 spiro atoms. The van der Waals surface area contributed by atoms with Crippen molar-refractivity contribution in [1.29, 1.82) is 0 Å². The second kappa shape index (κ2) is 5.13. The first-order chi connectivity index (χ1) is 10.1. The maximum absolute atomic E-state index is 12.2. The van der Waals surface area contributed by atoms with Crippen LogP contribution in [-0.4, -0.2) is 16.7 Å². The number of phenolic OH excluding ortho intramolecular Hbond substituents is 1. The number of amides is 1. The lowest BCUT2D eigenvalue weighted by Gasteiger charge is -2.37. The van der Waals surface area contributed by atoms with Crippen LogP contribution in [-0.2, 0) is 6.42 Å². The molecule has 2 aromatic carbocycles. The number of carbonyl (C=O) groups is 1. The van der Waals surface area contributed by atoms with Crippen LogP contribution in [0.1, 0.15) is 29.3 Å². The van der Waals surface area contributed by atoms with Gasteiger partial charge in [-0.05, 0) is 49.6 Å². The molecule has 0 unspecified atom stereocenters. The van der Waals surface area contributed by atoms with Crippen molar-refractivity contribution in [3.63, 3.8) is 0 Å². The Morgan fingerprint density at radius 1 is 1.05 bits per heavy atom. The third-order valence-corrected chi connectivity index (χ3v) is 3.82. The Balaban J connectivity index is 1.74. The molecule has 4 nitrogen and oxygen atoms in total. The second-order valence-corrected chi connectivity index (χ2v) is 5.62. The highest BCUT2D eigenvalue weighted by molar-refractivity contribution is 6.02. The van der Waals surface area contributed by atoms with Crippen molar-refractivity contribution in [2.24, 2.45) is 0 Å². The third-order valence-electron chi connectivity index (χ3n) is 3.82. The lowest BCUT2D eigenvalue weighted by Crippen LogP contribution is -2.55. The number of hydrogen-bond acceptors (Lipinski definition) is 3. The molecule has 0 bridgehead atoms. The fourth-order valence-electron chi connectivity index (χ4n) is 2.62. The summed E-state index contributed by atoms with van der Waals surface area (Å²) in [6.45, 7) is 1.99. The van der Waals surface area contributed by atoms with Crippen LogP contribution in [0.15, 0.2) is 48.5 Å². The van der Waals surface area contributed by atoms with Crippen molar-refractivity contribution < 1.29 is 9.90 Å². The highest BCUT2D eigenvalue weighted by Gasteiger charge is 2.32. The lowest BCUT2D eigenvalue weighted by molar-refractivity contribution is 0.0903. The minimum atomic E-state index is -0.469. The number of fused-ring (bicyclic) bond motifs is 1. The lowest BCUT2D eigenvalue weighted by atomic mass is 9.97. The molecule has 0 fully saturated rings. The molecule has 0 radical (unpaired) electrons. The monoisotopic (exact) mass is 282 g/mol. The van der Waals surface area contributed by atoms with Gasteiger partial charge in [0.15, 0.2) is 0 Å². The topological polar surface area (TPSA) is 61.4 Å². The van der Waals surface area contributed by atoms with E-state index in [1.165, 1.54) is 0 Å². The summed E-state index contributed by atoms with van der Waals surface area (Å²) in [5.41, 5.74) is 2.21. The zero-order chi connectivity index (χ0) is 14.9. The van der Waals surface area contributed by atoms with Gasteiger partial charge >= 0.3 is 0 Å². The van der Waals surface area contributed by atoms with E-state index in [1.807, 2.05) is 43.3 Å². The Bertz CT molecular complexity index is 667. The number of nitrogens with one attached hydrogen (secondary N) is 2. The van der Waals surface area contributed by atoms with Crippen LogP contribution in [0.3, 0.4) is 0 Å². The average Bonchev–Trinajstić information content (AvgIpc) is 2.47. The minimum absolute atomic E-state index is 0.0439. The summed E-state index contributed by atoms with van der Waals surface area (Å²) >= 11 is 0. The number of anilines is 1. The second-order valence-electron chi connectivity index (χ2n) is 5.62. The number of hydrogen-bond donors (Lipinski definition) is 3. The summed E-state index contributed by atoms with van der Waals surface area (Å²) < 4.78 is 0. The molecular formula is C17H18N2O2. The van der Waals surface area contributed by atoms with Crippen molar-refractivity contribution in [3.8, 4) is 5.75 Å². The molecule has 3 rings (SSSR count). The molecule has 108 valence electrons. The molecule has 0 aliphatic carbocycles. The fourth-order valence-corrected chi connectivity index (χ4v) is 2.62. The Morgan fingerprint density at radius 2 is 1.76 bits per heavy atom. The van der Waals surface area contributed by atoms with Gasteiger partial charge < -0.3 is 15.7 Å². The Kier molecular flexibility index (Phi) is 3.29. The first kappa shape index (κ1) is 13.5. The van der Waals surface area contributed by atoms with Crippen LogP contribution in [0, 0.1) is 0 Å². The van der Waals surface area contributed by atoms with E-state index in [1.54, 1.807) is 12.1 Å². The van der Waals surface area contributed by atoms with E-state index in [2.05, 4.69) is 10.6 Å². The van der Waals surface area contributed by atoms with Gasteiger partial charge in [0.1, 0.15) is 11.4 Å². The summed E-state index contributed by atoms with van der Waals surface area (Å²) in [5.74, 6) is 0.223. The predicted octanol–water partition coefficient (Wildman–Crippen LogP) is 2.90. The molecule has 1 heterocycles. The van der Waals surface area contributed by atoms with E-state index in [0.29, 0.717) is 5.56 Å². The van der Waals surface area contributed by atoms with Crippen LogP contribution in [0.25, 0.3) is 0 Å². The molecule has 21 heavy (non-hydrogen) atoms. The molecule has 4 heteroatoms. The van der Waals surface area contributed by atoms with E-state index in [-0.39, 0.29) is 11.7 Å². The molecule has 2 aromatic rings. The van der Waals surface area contributed by atoms with Gasteiger partial charge in [0, 0.05) is 5.69 Å². The van der Waals surface area contributed by atoms with E-state index < -0.39 is 5.66 Å². The van der Waals surface area contributed by atoms with Gasteiger partial charge in [-0.1, -0.05) is 24.3 Å². The Labute approximate surface area is 123 Å². The number of aromatic hydroxyl groups is 1. The van der Waals surface area contributed by atoms with Crippen LogP contribution in [0.5, 0.6) is 5.75 Å². The number of rotatable bonds is 3. The number of phenols is 1. The van der Waals surface area contributed by atoms with Gasteiger partial charge in [-0.25, -0.2) is 0 Å². The zero-order valence-corrected chi connectivity index (χ0v) is 11.9. The van der Waals surface area contributed by atoms with E-state index in [4.69, 9.17) is 0 Å². The van der Waals surface area contributed by atoms with Crippen LogP contribution < -0.4 is 10.6 Å². The standard InChI is InChI=1S/C17H18N2O2/c1-17(11-10-12-6-8-13(20)9-7-12)18-15-5-3-2-4-14(15)16(21)19-17/h2-9,18,20H,10-11H2,1H3,(H,19,21)/t17-/m0/s1. The van der Waals surface area contributed by atoms with Crippen LogP contribution >= 0.6 is 0 Å². The average molecular weight is 282 g/mol. The Hall–Kier alpha value is -2.49. The summed E-state index contributed by atoms with van der Waals surface area (Å²) in [4.78, 5) is 12.2. The minimum Gasteiger partial charge on any atom is -0.508 e. The molecule has 0 aromatic heterocycles. The molecule has 1 aliphatic heterocycles. The molecule has 1 atom stereocenters. The first-order valence-electron chi connectivity index (χ1n) is 7.03. The van der Waals surface area contributed by atoms with Gasteiger partial charge in [0.25, 0.3) is 5.91 Å². The smallest absolute Gasteiger partial charge is 0.255 e. The van der Waals surface area contributed by atoms with Gasteiger partial charge in [-0.15, -0.1) is 0 Å². The quantitative estimate of drug-likeness (QED) is 0.811. The summed E-state index contributed by atoms with van der Waals surface area (Å²) in [6, 6.07) is 14.7. The van der Waals surface area contributed by atoms with Crippen molar-refractivity contribution in [2.75, 3.05) is 5.32 Å². The SMILES string of the molecule is C[C@@]1(CCc2ccc(O)cc2)NC(=O)c2ccccc2N1. The van der Waals surface area contributed by atoms with Crippen LogP contribution in [0.2, 0.25) is 0 Å². The van der Waals surface area contributed by atoms with E-state index in [9.17, 15) is 9.90 Å². The number of para-hydroxylation sites is 1. The van der Waals surface area contributed by atoms with Crippen molar-refractivity contribution in [1.82, 2.24) is 5.32 Å². The van der Waals surface area contributed by atoms with Gasteiger partial charge in [0.2, 0.25) is 0 Å². The largest absolute Gasteiger partial charge is 0.508 e. The highest BCUT2D eigenvalue weighted by Crippen LogP contribution is 2.27. The molecule has 0 saturated carbocycles. The van der Waals surface area contributed by atoms with Crippen LogP contribution in [0.4, 0.5) is 5.69 Å². The number of aryl methyl sites for hydroxylation is 1. The normalized spacial score (nSPS) is 20.3. The summed E-state index contributed by atoms with van der Waals surface area (Å²) in [5, 5.41) is 15.7. The zero-order valence-electron chi connectivity index (χ0n) is 11.9. The van der Waals surface area contributed by atoms with Crippen molar-refractivity contribution >= 4 is 11.6 Å².